The number of rotatable bonds is 5. The summed E-state index contributed by atoms with van der Waals surface area (Å²) in [6.07, 6.45) is 3.61. The average molecular weight is 462 g/mol. The van der Waals surface area contributed by atoms with Crippen molar-refractivity contribution in [3.63, 3.8) is 0 Å². The number of fused-ring (bicyclic) bond motifs is 4. The third-order valence-corrected chi connectivity index (χ3v) is 5.43. The van der Waals surface area contributed by atoms with Crippen LogP contribution in [0.15, 0.2) is 41.4 Å². The molecule has 0 radical (unpaired) electrons. The highest BCUT2D eigenvalue weighted by Crippen LogP contribution is 2.40. The lowest BCUT2D eigenvalue weighted by atomic mass is 10.1. The van der Waals surface area contributed by atoms with Gasteiger partial charge in [0.15, 0.2) is 11.5 Å². The third-order valence-electron chi connectivity index (χ3n) is 4.66. The van der Waals surface area contributed by atoms with Gasteiger partial charge in [0, 0.05) is 28.8 Å². The van der Waals surface area contributed by atoms with E-state index in [1.807, 2.05) is 35.4 Å². The predicted octanol–water partition coefficient (Wildman–Crippen LogP) is 4.19. The lowest BCUT2D eigenvalue weighted by molar-refractivity contribution is 0.0986. The van der Waals surface area contributed by atoms with Gasteiger partial charge in [-0.2, -0.15) is 0 Å². The lowest BCUT2D eigenvalue weighted by Gasteiger charge is -2.22. The summed E-state index contributed by atoms with van der Waals surface area (Å²) in [6, 6.07) is 11.5. The second-order valence-electron chi connectivity index (χ2n) is 6.26. The zero-order valence-electron chi connectivity index (χ0n) is 14.4. The fourth-order valence-corrected chi connectivity index (χ4v) is 3.74. The fraction of sp³-hybridized carbons (Fsp3) is 0.300. The van der Waals surface area contributed by atoms with E-state index >= 15 is 0 Å². The number of hydrogen-bond acceptors (Lipinski definition) is 4. The highest BCUT2D eigenvalue weighted by atomic mass is 127. The van der Waals surface area contributed by atoms with Gasteiger partial charge >= 0.3 is 0 Å². The molecule has 26 heavy (non-hydrogen) atoms. The number of halogens is 1. The molecule has 0 saturated carbocycles. The molecule has 0 spiro atoms. The molecule has 2 aliphatic rings. The van der Waals surface area contributed by atoms with Crippen LogP contribution >= 0.6 is 22.6 Å². The van der Waals surface area contributed by atoms with Crippen molar-refractivity contribution in [2.75, 3.05) is 23.0 Å². The monoisotopic (exact) mass is 462 g/mol. The fourth-order valence-electron chi connectivity index (χ4n) is 3.43. The van der Waals surface area contributed by atoms with Crippen molar-refractivity contribution in [2.24, 2.45) is 4.99 Å². The number of carbonyl (C=O) groups is 1. The standard InChI is InChI=1S/C20H19IN2O3/c1-25-18-10-15-16(11-19(18)26-8-4-7-21)22-12-14-9-13-5-2-3-6-17(13)23(14)20(15)24/h2-3,5-6,10-12,14H,4,7-9H2,1H3/t14-/m0/s1. The molecular weight excluding hydrogens is 443 g/mol. The quantitative estimate of drug-likeness (QED) is 0.381. The Morgan fingerprint density at radius 1 is 1.27 bits per heavy atom. The molecule has 0 aromatic heterocycles. The summed E-state index contributed by atoms with van der Waals surface area (Å²) in [5, 5.41) is 0. The molecular formula is C20H19IN2O3. The normalized spacial score (nSPS) is 17.4. The van der Waals surface area contributed by atoms with Crippen LogP contribution in [0, 0.1) is 0 Å². The van der Waals surface area contributed by atoms with Crippen LogP contribution < -0.4 is 14.4 Å². The molecule has 5 nitrogen and oxygen atoms in total. The molecule has 0 unspecified atom stereocenters. The average Bonchev–Trinajstić information content (AvgIpc) is 2.98. The van der Waals surface area contributed by atoms with E-state index in [9.17, 15) is 4.79 Å². The number of anilines is 1. The van der Waals surface area contributed by atoms with Crippen molar-refractivity contribution in [3.8, 4) is 11.5 Å². The molecule has 6 heteroatoms. The highest BCUT2D eigenvalue weighted by molar-refractivity contribution is 14.1. The Balaban J connectivity index is 1.74. The minimum Gasteiger partial charge on any atom is -0.493 e. The van der Waals surface area contributed by atoms with Crippen LogP contribution in [0.25, 0.3) is 0 Å². The Bertz CT molecular complexity index is 881. The lowest BCUT2D eigenvalue weighted by Crippen LogP contribution is -2.37. The maximum atomic E-state index is 13.3. The third kappa shape index (κ3) is 2.96. The Labute approximate surface area is 166 Å². The van der Waals surface area contributed by atoms with E-state index in [-0.39, 0.29) is 11.9 Å². The number of hydrogen-bond donors (Lipinski definition) is 0. The van der Waals surface area contributed by atoms with Crippen LogP contribution in [0.4, 0.5) is 11.4 Å². The van der Waals surface area contributed by atoms with Crippen molar-refractivity contribution in [2.45, 2.75) is 18.9 Å². The van der Waals surface area contributed by atoms with Crippen molar-refractivity contribution in [3.05, 3.63) is 47.5 Å². The van der Waals surface area contributed by atoms with E-state index in [0.717, 1.165) is 23.0 Å². The van der Waals surface area contributed by atoms with Crippen molar-refractivity contribution in [1.29, 1.82) is 0 Å². The maximum absolute atomic E-state index is 13.3. The van der Waals surface area contributed by atoms with Crippen LogP contribution in [0.3, 0.4) is 0 Å². The number of amides is 1. The van der Waals surface area contributed by atoms with E-state index < -0.39 is 0 Å². The van der Waals surface area contributed by atoms with E-state index in [1.165, 1.54) is 5.56 Å². The van der Waals surface area contributed by atoms with Gasteiger partial charge < -0.3 is 9.47 Å². The minimum atomic E-state index is -0.0540. The maximum Gasteiger partial charge on any atom is 0.261 e. The summed E-state index contributed by atoms with van der Waals surface area (Å²) in [6.45, 7) is 0.609. The summed E-state index contributed by atoms with van der Waals surface area (Å²) >= 11 is 2.32. The van der Waals surface area contributed by atoms with Gasteiger partial charge in [-0.05, 0) is 24.1 Å². The zero-order valence-corrected chi connectivity index (χ0v) is 16.6. The molecule has 2 aliphatic heterocycles. The Hall–Kier alpha value is -2.09. The van der Waals surface area contributed by atoms with Gasteiger partial charge in [-0.1, -0.05) is 40.8 Å². The molecule has 134 valence electrons. The van der Waals surface area contributed by atoms with Gasteiger partial charge in [-0.3, -0.25) is 14.7 Å². The van der Waals surface area contributed by atoms with Crippen molar-refractivity contribution in [1.82, 2.24) is 0 Å². The van der Waals surface area contributed by atoms with Crippen molar-refractivity contribution < 1.29 is 14.3 Å². The smallest absolute Gasteiger partial charge is 0.261 e. The molecule has 0 N–H and O–H groups in total. The minimum absolute atomic E-state index is 0.0513. The number of ether oxygens (including phenoxy) is 2. The number of para-hydroxylation sites is 1. The van der Waals surface area contributed by atoms with Crippen LogP contribution in [0.2, 0.25) is 0 Å². The number of methoxy groups -OCH3 is 1. The first-order valence-electron chi connectivity index (χ1n) is 8.59. The number of nitrogens with zero attached hydrogens (tertiary/aromatic N) is 2. The Kier molecular flexibility index (Phi) is 4.84. The van der Waals surface area contributed by atoms with Gasteiger partial charge in [0.2, 0.25) is 0 Å². The van der Waals surface area contributed by atoms with Gasteiger partial charge in [-0.25, -0.2) is 0 Å². The molecule has 0 fully saturated rings. The van der Waals surface area contributed by atoms with Crippen LogP contribution in [0.5, 0.6) is 11.5 Å². The van der Waals surface area contributed by atoms with Crippen LogP contribution in [-0.4, -0.2) is 36.3 Å². The molecule has 0 bridgehead atoms. The summed E-state index contributed by atoms with van der Waals surface area (Å²) in [5.41, 5.74) is 3.31. The SMILES string of the molecule is COc1cc2c(cc1OCCCI)N=C[C@@H]1Cc3ccccc3N1C2=O. The topological polar surface area (TPSA) is 51.1 Å². The van der Waals surface area contributed by atoms with E-state index in [4.69, 9.17) is 9.47 Å². The van der Waals surface area contributed by atoms with E-state index in [0.29, 0.717) is 29.4 Å². The van der Waals surface area contributed by atoms with E-state index in [2.05, 4.69) is 33.6 Å². The van der Waals surface area contributed by atoms with Crippen molar-refractivity contribution >= 4 is 46.1 Å². The summed E-state index contributed by atoms with van der Waals surface area (Å²) in [4.78, 5) is 19.7. The van der Waals surface area contributed by atoms with Crippen LogP contribution in [0.1, 0.15) is 22.3 Å². The zero-order chi connectivity index (χ0) is 18.1. The molecule has 2 heterocycles. The first-order chi connectivity index (χ1) is 12.7. The number of alkyl halides is 1. The molecule has 4 rings (SSSR count). The Morgan fingerprint density at radius 2 is 2.12 bits per heavy atom. The molecule has 1 atom stereocenters. The molecule has 2 aromatic carbocycles. The summed E-state index contributed by atoms with van der Waals surface area (Å²) in [7, 11) is 1.59. The van der Waals surface area contributed by atoms with E-state index in [1.54, 1.807) is 13.2 Å². The molecule has 1 amide bonds. The Morgan fingerprint density at radius 3 is 2.92 bits per heavy atom. The number of aliphatic imine (C=N–C) groups is 1. The number of carbonyl (C=O) groups excluding carboxylic acids is 1. The highest BCUT2D eigenvalue weighted by Gasteiger charge is 2.36. The molecule has 2 aromatic rings. The van der Waals surface area contributed by atoms with Gasteiger partial charge in [0.05, 0.1) is 31.0 Å². The summed E-state index contributed by atoms with van der Waals surface area (Å²) in [5.74, 6) is 1.14. The summed E-state index contributed by atoms with van der Waals surface area (Å²) < 4.78 is 12.3. The second kappa shape index (κ2) is 7.26. The largest absolute Gasteiger partial charge is 0.493 e. The van der Waals surface area contributed by atoms with Gasteiger partial charge in [-0.15, -0.1) is 0 Å². The van der Waals surface area contributed by atoms with Gasteiger partial charge in [0.1, 0.15) is 0 Å². The first-order valence-corrected chi connectivity index (χ1v) is 10.1. The molecule has 0 saturated heterocycles. The number of benzene rings is 2. The predicted molar refractivity (Wildman–Crippen MR) is 111 cm³/mol. The first kappa shape index (κ1) is 17.3. The van der Waals surface area contributed by atoms with Gasteiger partial charge in [0.25, 0.3) is 5.91 Å². The molecule has 0 aliphatic carbocycles. The second-order valence-corrected chi connectivity index (χ2v) is 7.34. The van der Waals surface area contributed by atoms with Crippen LogP contribution in [-0.2, 0) is 6.42 Å².